The zero-order valence-electron chi connectivity index (χ0n) is 11.0. The van der Waals surface area contributed by atoms with Crippen molar-refractivity contribution in [1.29, 1.82) is 5.26 Å². The molecule has 0 fully saturated rings. The molecule has 0 heterocycles. The molecule has 0 unspecified atom stereocenters. The van der Waals surface area contributed by atoms with Crippen molar-refractivity contribution in [2.75, 3.05) is 7.11 Å². The van der Waals surface area contributed by atoms with Gasteiger partial charge in [-0.1, -0.05) is 24.3 Å². The summed E-state index contributed by atoms with van der Waals surface area (Å²) in [6.07, 6.45) is 0. The molecule has 0 amide bonds. The summed E-state index contributed by atoms with van der Waals surface area (Å²) in [6, 6.07) is 15.3. The third kappa shape index (κ3) is 3.05. The van der Waals surface area contributed by atoms with E-state index in [0.29, 0.717) is 23.7 Å². The fourth-order valence-corrected chi connectivity index (χ4v) is 1.80. The molecule has 0 saturated carbocycles. The number of hydrogen-bond acceptors (Lipinski definition) is 3. The molecule has 3 heteroatoms. The van der Waals surface area contributed by atoms with E-state index in [1.807, 2.05) is 43.3 Å². The first-order chi connectivity index (χ1) is 9.24. The van der Waals surface area contributed by atoms with Gasteiger partial charge in [0.05, 0.1) is 18.7 Å². The fraction of sp³-hybridized carbons (Fsp3) is 0.188. The molecule has 96 valence electrons. The zero-order chi connectivity index (χ0) is 13.7. The van der Waals surface area contributed by atoms with Crippen LogP contribution >= 0.6 is 0 Å². The van der Waals surface area contributed by atoms with Crippen molar-refractivity contribution in [3.8, 4) is 17.6 Å². The highest BCUT2D eigenvalue weighted by Gasteiger charge is 2.06. The van der Waals surface area contributed by atoms with Crippen LogP contribution in [-0.4, -0.2) is 7.11 Å². The Morgan fingerprint density at radius 1 is 1.11 bits per heavy atom. The summed E-state index contributed by atoms with van der Waals surface area (Å²) in [5.74, 6) is 1.38. The summed E-state index contributed by atoms with van der Waals surface area (Å²) in [4.78, 5) is 0. The second-order valence-electron chi connectivity index (χ2n) is 4.21. The number of methoxy groups -OCH3 is 1. The monoisotopic (exact) mass is 253 g/mol. The first-order valence-electron chi connectivity index (χ1n) is 6.00. The largest absolute Gasteiger partial charge is 0.493 e. The number of nitriles is 1. The van der Waals surface area contributed by atoms with Crippen molar-refractivity contribution in [3.63, 3.8) is 0 Å². The third-order valence-corrected chi connectivity index (χ3v) is 2.84. The smallest absolute Gasteiger partial charge is 0.161 e. The van der Waals surface area contributed by atoms with Crippen LogP contribution in [-0.2, 0) is 6.61 Å². The zero-order valence-corrected chi connectivity index (χ0v) is 11.0. The summed E-state index contributed by atoms with van der Waals surface area (Å²) in [6.45, 7) is 2.35. The van der Waals surface area contributed by atoms with Crippen LogP contribution < -0.4 is 9.47 Å². The van der Waals surface area contributed by atoms with E-state index < -0.39 is 0 Å². The number of ether oxygens (including phenoxy) is 2. The van der Waals surface area contributed by atoms with E-state index in [1.165, 1.54) is 0 Å². The Bertz CT molecular complexity index is 614. The molecule has 0 saturated heterocycles. The van der Waals surface area contributed by atoms with E-state index in [9.17, 15) is 0 Å². The summed E-state index contributed by atoms with van der Waals surface area (Å²) in [5, 5.41) is 9.02. The lowest BCUT2D eigenvalue weighted by atomic mass is 10.1. The van der Waals surface area contributed by atoms with Crippen LogP contribution in [0.2, 0.25) is 0 Å². The Hall–Kier alpha value is -2.47. The average molecular weight is 253 g/mol. The van der Waals surface area contributed by atoms with Gasteiger partial charge in [-0.3, -0.25) is 0 Å². The molecule has 0 aliphatic carbocycles. The molecule has 0 atom stereocenters. The Morgan fingerprint density at radius 2 is 1.89 bits per heavy atom. The van der Waals surface area contributed by atoms with E-state index >= 15 is 0 Å². The predicted molar refractivity (Wildman–Crippen MR) is 73.2 cm³/mol. The standard InChI is InChI=1S/C16H15NO2/c1-12-7-8-15(16(9-12)18-2)19-11-14-6-4-3-5-13(14)10-17/h3-9H,11H2,1-2H3. The number of hydrogen-bond donors (Lipinski definition) is 0. The molecule has 3 nitrogen and oxygen atoms in total. The first kappa shape index (κ1) is 13.0. The molecule has 2 aromatic carbocycles. The van der Waals surface area contributed by atoms with Gasteiger partial charge in [0.2, 0.25) is 0 Å². The Labute approximate surface area is 113 Å². The molecular formula is C16H15NO2. The average Bonchev–Trinajstić information content (AvgIpc) is 2.46. The molecule has 19 heavy (non-hydrogen) atoms. The fourth-order valence-electron chi connectivity index (χ4n) is 1.80. The van der Waals surface area contributed by atoms with Gasteiger partial charge in [-0.15, -0.1) is 0 Å². The summed E-state index contributed by atoms with van der Waals surface area (Å²) in [5.41, 5.74) is 2.61. The molecule has 0 aromatic heterocycles. The van der Waals surface area contributed by atoms with Crippen LogP contribution in [0, 0.1) is 18.3 Å². The Morgan fingerprint density at radius 3 is 2.63 bits per heavy atom. The van der Waals surface area contributed by atoms with Gasteiger partial charge in [-0.2, -0.15) is 5.26 Å². The number of aryl methyl sites for hydroxylation is 1. The van der Waals surface area contributed by atoms with Crippen molar-refractivity contribution in [2.24, 2.45) is 0 Å². The third-order valence-electron chi connectivity index (χ3n) is 2.84. The predicted octanol–water partition coefficient (Wildman–Crippen LogP) is 3.45. The highest BCUT2D eigenvalue weighted by Crippen LogP contribution is 2.28. The minimum Gasteiger partial charge on any atom is -0.493 e. The first-order valence-corrected chi connectivity index (χ1v) is 6.00. The number of rotatable bonds is 4. The molecule has 0 aliphatic rings. The SMILES string of the molecule is COc1cc(C)ccc1OCc1ccccc1C#N. The van der Waals surface area contributed by atoms with Crippen LogP contribution in [0.3, 0.4) is 0 Å². The Balaban J connectivity index is 2.17. The maximum absolute atomic E-state index is 9.02. The van der Waals surface area contributed by atoms with Gasteiger partial charge in [0.1, 0.15) is 6.61 Å². The second-order valence-corrected chi connectivity index (χ2v) is 4.21. The van der Waals surface area contributed by atoms with E-state index in [2.05, 4.69) is 6.07 Å². The van der Waals surface area contributed by atoms with Gasteiger partial charge in [0.15, 0.2) is 11.5 Å². The van der Waals surface area contributed by atoms with Crippen LogP contribution in [0.5, 0.6) is 11.5 Å². The van der Waals surface area contributed by atoms with Crippen LogP contribution in [0.25, 0.3) is 0 Å². The molecule has 0 spiro atoms. The van der Waals surface area contributed by atoms with Gasteiger partial charge in [-0.25, -0.2) is 0 Å². The van der Waals surface area contributed by atoms with Gasteiger partial charge < -0.3 is 9.47 Å². The van der Waals surface area contributed by atoms with Crippen LogP contribution in [0.1, 0.15) is 16.7 Å². The van der Waals surface area contributed by atoms with Crippen molar-refractivity contribution in [3.05, 3.63) is 59.2 Å². The van der Waals surface area contributed by atoms with Crippen molar-refractivity contribution in [1.82, 2.24) is 0 Å². The van der Waals surface area contributed by atoms with Crippen molar-refractivity contribution < 1.29 is 9.47 Å². The molecule has 2 rings (SSSR count). The normalized spacial score (nSPS) is 9.74. The van der Waals surface area contributed by atoms with E-state index in [-0.39, 0.29) is 0 Å². The minimum absolute atomic E-state index is 0.350. The van der Waals surface area contributed by atoms with Gasteiger partial charge in [0, 0.05) is 5.56 Å². The second kappa shape index (κ2) is 5.92. The Kier molecular flexibility index (Phi) is 4.04. The molecule has 0 N–H and O–H groups in total. The van der Waals surface area contributed by atoms with Crippen molar-refractivity contribution in [2.45, 2.75) is 13.5 Å². The topological polar surface area (TPSA) is 42.2 Å². The lowest BCUT2D eigenvalue weighted by molar-refractivity contribution is 0.284. The maximum atomic E-state index is 9.02. The van der Waals surface area contributed by atoms with Gasteiger partial charge in [-0.05, 0) is 30.7 Å². The van der Waals surface area contributed by atoms with Crippen LogP contribution in [0.15, 0.2) is 42.5 Å². The highest BCUT2D eigenvalue weighted by atomic mass is 16.5. The van der Waals surface area contributed by atoms with Crippen molar-refractivity contribution >= 4 is 0 Å². The van der Waals surface area contributed by atoms with Gasteiger partial charge in [0.25, 0.3) is 0 Å². The molecule has 0 radical (unpaired) electrons. The molecular weight excluding hydrogens is 238 g/mol. The van der Waals surface area contributed by atoms with E-state index in [4.69, 9.17) is 14.7 Å². The summed E-state index contributed by atoms with van der Waals surface area (Å²) >= 11 is 0. The summed E-state index contributed by atoms with van der Waals surface area (Å²) in [7, 11) is 1.62. The molecule has 0 aliphatic heterocycles. The number of benzene rings is 2. The lowest BCUT2D eigenvalue weighted by Gasteiger charge is -2.11. The van der Waals surface area contributed by atoms with Gasteiger partial charge >= 0.3 is 0 Å². The molecule has 0 bridgehead atoms. The highest BCUT2D eigenvalue weighted by molar-refractivity contribution is 5.43. The quantitative estimate of drug-likeness (QED) is 0.838. The lowest BCUT2D eigenvalue weighted by Crippen LogP contribution is -2.00. The number of nitrogens with zero attached hydrogens (tertiary/aromatic N) is 1. The van der Waals surface area contributed by atoms with E-state index in [1.54, 1.807) is 13.2 Å². The maximum Gasteiger partial charge on any atom is 0.161 e. The van der Waals surface area contributed by atoms with E-state index in [0.717, 1.165) is 11.1 Å². The minimum atomic E-state index is 0.350. The van der Waals surface area contributed by atoms with Crippen LogP contribution in [0.4, 0.5) is 0 Å². The molecule has 2 aromatic rings. The summed E-state index contributed by atoms with van der Waals surface area (Å²) < 4.78 is 11.0.